The fraction of sp³-hybridized carbons (Fsp3) is 0. The van der Waals surface area contributed by atoms with Crippen LogP contribution < -0.4 is 5.32 Å². The van der Waals surface area contributed by atoms with Gasteiger partial charge >= 0.3 is 0 Å². The monoisotopic (exact) mass is 461 g/mol. The molecule has 0 saturated heterocycles. The summed E-state index contributed by atoms with van der Waals surface area (Å²) in [6, 6.07) is 46.8. The quantitative estimate of drug-likeness (QED) is 0.282. The molecule has 0 unspecified atom stereocenters. The van der Waals surface area contributed by atoms with E-state index in [1.54, 1.807) is 0 Å². The first kappa shape index (κ1) is 20.5. The van der Waals surface area contributed by atoms with Crippen LogP contribution in [0.25, 0.3) is 55.0 Å². The highest BCUT2D eigenvalue weighted by Gasteiger charge is 2.11. The third-order valence-electron chi connectivity index (χ3n) is 6.83. The van der Waals surface area contributed by atoms with E-state index in [0.29, 0.717) is 0 Å². The molecule has 0 saturated carbocycles. The Labute approximate surface area is 209 Å². The van der Waals surface area contributed by atoms with Crippen molar-refractivity contribution in [1.29, 1.82) is 0 Å². The molecule has 0 fully saturated rings. The van der Waals surface area contributed by atoms with Crippen LogP contribution in [0.3, 0.4) is 0 Å². The lowest BCUT2D eigenvalue weighted by atomic mass is 10.0. The van der Waals surface area contributed by atoms with E-state index in [1.165, 1.54) is 21.9 Å². The molecule has 0 aliphatic rings. The van der Waals surface area contributed by atoms with Crippen molar-refractivity contribution in [3.63, 3.8) is 0 Å². The smallest absolute Gasteiger partial charge is 0.143 e. The molecule has 0 radical (unpaired) electrons. The van der Waals surface area contributed by atoms with Gasteiger partial charge in [0, 0.05) is 27.7 Å². The molecule has 7 aromatic rings. The summed E-state index contributed by atoms with van der Waals surface area (Å²) < 4.78 is 6.23. The van der Waals surface area contributed by atoms with E-state index in [2.05, 4.69) is 127 Å². The summed E-state index contributed by atoms with van der Waals surface area (Å²) >= 11 is 0. The second-order valence-electron chi connectivity index (χ2n) is 9.13. The first-order valence-corrected chi connectivity index (χ1v) is 12.2. The molecule has 170 valence electrons. The third kappa shape index (κ3) is 3.60. The van der Waals surface area contributed by atoms with E-state index in [1.807, 2.05) is 12.1 Å². The van der Waals surface area contributed by atoms with Crippen LogP contribution in [0.2, 0.25) is 0 Å². The maximum absolute atomic E-state index is 6.23. The number of para-hydroxylation sites is 2. The highest BCUT2D eigenvalue weighted by Crippen LogP contribution is 2.36. The van der Waals surface area contributed by atoms with Crippen LogP contribution in [-0.2, 0) is 0 Å². The molecule has 1 N–H and O–H groups in total. The molecule has 1 aromatic heterocycles. The van der Waals surface area contributed by atoms with Gasteiger partial charge in [0.15, 0.2) is 0 Å². The van der Waals surface area contributed by atoms with Crippen molar-refractivity contribution >= 4 is 44.1 Å². The van der Waals surface area contributed by atoms with Crippen LogP contribution in [0, 0.1) is 0 Å². The summed E-state index contributed by atoms with van der Waals surface area (Å²) in [6.07, 6.45) is 0. The Morgan fingerprint density at radius 2 is 1.17 bits per heavy atom. The van der Waals surface area contributed by atoms with E-state index < -0.39 is 0 Å². The molecular formula is C34H23NO. The molecule has 0 aliphatic heterocycles. The van der Waals surface area contributed by atoms with Crippen molar-refractivity contribution in [2.24, 2.45) is 0 Å². The average molecular weight is 462 g/mol. The molecule has 6 aromatic carbocycles. The molecular weight excluding hydrogens is 438 g/mol. The van der Waals surface area contributed by atoms with Gasteiger partial charge in [-0.25, -0.2) is 0 Å². The highest BCUT2D eigenvalue weighted by atomic mass is 16.3. The van der Waals surface area contributed by atoms with Crippen LogP contribution in [0.4, 0.5) is 11.4 Å². The number of fused-ring (bicyclic) bond motifs is 4. The second kappa shape index (κ2) is 8.44. The fourth-order valence-corrected chi connectivity index (χ4v) is 5.02. The van der Waals surface area contributed by atoms with Gasteiger partial charge in [-0.3, -0.25) is 0 Å². The molecule has 2 nitrogen and oxygen atoms in total. The van der Waals surface area contributed by atoms with Crippen LogP contribution in [0.1, 0.15) is 0 Å². The zero-order chi connectivity index (χ0) is 23.9. The summed E-state index contributed by atoms with van der Waals surface area (Å²) in [7, 11) is 0. The van der Waals surface area contributed by atoms with E-state index in [0.717, 1.165) is 44.4 Å². The van der Waals surface area contributed by atoms with Crippen LogP contribution in [0.5, 0.6) is 0 Å². The first-order chi connectivity index (χ1) is 17.8. The molecule has 36 heavy (non-hydrogen) atoms. The second-order valence-corrected chi connectivity index (χ2v) is 9.13. The van der Waals surface area contributed by atoms with Crippen LogP contribution in [0.15, 0.2) is 138 Å². The van der Waals surface area contributed by atoms with Gasteiger partial charge in [0.1, 0.15) is 11.2 Å². The summed E-state index contributed by atoms with van der Waals surface area (Å²) in [5.74, 6) is 0. The Morgan fingerprint density at radius 1 is 0.444 bits per heavy atom. The molecule has 0 atom stereocenters. The number of nitrogens with one attached hydrogen (secondary N) is 1. The van der Waals surface area contributed by atoms with E-state index in [4.69, 9.17) is 4.42 Å². The number of anilines is 2. The molecule has 2 heteroatoms. The Kier molecular flexibility index (Phi) is 4.82. The van der Waals surface area contributed by atoms with Crippen molar-refractivity contribution in [1.82, 2.24) is 0 Å². The summed E-state index contributed by atoms with van der Waals surface area (Å²) in [6.45, 7) is 0. The fourth-order valence-electron chi connectivity index (χ4n) is 5.02. The minimum absolute atomic E-state index is 0.921. The topological polar surface area (TPSA) is 25.2 Å². The predicted molar refractivity (Wildman–Crippen MR) is 152 cm³/mol. The molecule has 1 heterocycles. The normalized spacial score (nSPS) is 11.3. The van der Waals surface area contributed by atoms with E-state index >= 15 is 0 Å². The minimum Gasteiger partial charge on any atom is -0.455 e. The molecule has 0 bridgehead atoms. The SMILES string of the molecule is c1cc(Nc2ccc(-c3cccc4c3oc3ccccc34)cc2)cc(-c2ccc3ccccc3c2)c1. The standard InChI is InChI=1S/C34H23NO/c1-2-8-25-21-27(16-15-23(25)7-1)26-9-5-10-29(22-26)35-28-19-17-24(18-20-28)30-12-6-13-32-31-11-3-4-14-33(31)36-34(30)32/h1-22,35H. The lowest BCUT2D eigenvalue weighted by Crippen LogP contribution is -1.91. The van der Waals surface area contributed by atoms with Gasteiger partial charge in [-0.05, 0) is 63.9 Å². The molecule has 0 amide bonds. The van der Waals surface area contributed by atoms with Crippen molar-refractivity contribution in [2.45, 2.75) is 0 Å². The largest absolute Gasteiger partial charge is 0.455 e. The van der Waals surface area contributed by atoms with Crippen molar-refractivity contribution in [3.05, 3.63) is 133 Å². The lowest BCUT2D eigenvalue weighted by Gasteiger charge is -2.10. The summed E-state index contributed by atoms with van der Waals surface area (Å²) in [5, 5.41) is 8.38. The van der Waals surface area contributed by atoms with Crippen molar-refractivity contribution < 1.29 is 4.42 Å². The number of hydrogen-bond donors (Lipinski definition) is 1. The first-order valence-electron chi connectivity index (χ1n) is 12.2. The number of rotatable bonds is 4. The maximum Gasteiger partial charge on any atom is 0.143 e. The number of hydrogen-bond acceptors (Lipinski definition) is 2. The Bertz CT molecular complexity index is 1860. The van der Waals surface area contributed by atoms with Crippen molar-refractivity contribution in [2.75, 3.05) is 5.32 Å². The van der Waals surface area contributed by atoms with Gasteiger partial charge in [-0.1, -0.05) is 97.1 Å². The van der Waals surface area contributed by atoms with Crippen molar-refractivity contribution in [3.8, 4) is 22.3 Å². The lowest BCUT2D eigenvalue weighted by molar-refractivity contribution is 0.670. The third-order valence-corrected chi connectivity index (χ3v) is 6.83. The van der Waals surface area contributed by atoms with Gasteiger partial charge in [0.2, 0.25) is 0 Å². The van der Waals surface area contributed by atoms with Gasteiger partial charge in [-0.2, -0.15) is 0 Å². The Morgan fingerprint density at radius 3 is 2.08 bits per heavy atom. The van der Waals surface area contributed by atoms with Gasteiger partial charge in [-0.15, -0.1) is 0 Å². The number of furan rings is 1. The number of benzene rings is 6. The summed E-state index contributed by atoms with van der Waals surface area (Å²) in [4.78, 5) is 0. The average Bonchev–Trinajstić information content (AvgIpc) is 3.32. The Balaban J connectivity index is 1.18. The highest BCUT2D eigenvalue weighted by molar-refractivity contribution is 6.09. The molecule has 0 aliphatic carbocycles. The Hall–Kier alpha value is -4.82. The van der Waals surface area contributed by atoms with E-state index in [-0.39, 0.29) is 0 Å². The van der Waals surface area contributed by atoms with Crippen LogP contribution >= 0.6 is 0 Å². The molecule has 0 spiro atoms. The van der Waals surface area contributed by atoms with E-state index in [9.17, 15) is 0 Å². The summed E-state index contributed by atoms with van der Waals surface area (Å²) in [5.41, 5.74) is 8.61. The van der Waals surface area contributed by atoms with Gasteiger partial charge < -0.3 is 9.73 Å². The minimum atomic E-state index is 0.921. The predicted octanol–water partition coefficient (Wildman–Crippen LogP) is 9.82. The molecule has 7 rings (SSSR count). The van der Waals surface area contributed by atoms with Crippen LogP contribution in [-0.4, -0.2) is 0 Å². The van der Waals surface area contributed by atoms with Gasteiger partial charge in [0.25, 0.3) is 0 Å². The maximum atomic E-state index is 6.23. The van der Waals surface area contributed by atoms with Gasteiger partial charge in [0.05, 0.1) is 0 Å². The zero-order valence-corrected chi connectivity index (χ0v) is 19.6. The zero-order valence-electron chi connectivity index (χ0n) is 19.6.